The van der Waals surface area contributed by atoms with Crippen LogP contribution in [0.2, 0.25) is 0 Å². The molecule has 0 saturated heterocycles. The molecule has 0 saturated carbocycles. The highest BCUT2D eigenvalue weighted by atomic mass is 16.2. The summed E-state index contributed by atoms with van der Waals surface area (Å²) in [6, 6.07) is 10.1. The van der Waals surface area contributed by atoms with Crippen LogP contribution in [0.25, 0.3) is 0 Å². The number of carbonyl (C=O) groups excluding carboxylic acids is 1. The highest BCUT2D eigenvalue weighted by Gasteiger charge is 2.05. The lowest BCUT2D eigenvalue weighted by Crippen LogP contribution is -2.24. The predicted octanol–water partition coefficient (Wildman–Crippen LogP) is 2.77. The number of nitrogens with one attached hydrogen (secondary N) is 1. The van der Waals surface area contributed by atoms with Crippen LogP contribution in [0.4, 0.5) is 0 Å². The van der Waals surface area contributed by atoms with Gasteiger partial charge in [-0.3, -0.25) is 9.48 Å². The smallest absolute Gasteiger partial charge is 0.261 e. The molecule has 1 aromatic carbocycles. The van der Waals surface area contributed by atoms with Crippen molar-refractivity contribution in [2.24, 2.45) is 5.10 Å². The second-order valence-corrected chi connectivity index (χ2v) is 5.70. The summed E-state index contributed by atoms with van der Waals surface area (Å²) < 4.78 is 1.66. The van der Waals surface area contributed by atoms with E-state index in [0.29, 0.717) is 5.92 Å². The second kappa shape index (κ2) is 7.02. The number of aryl methyl sites for hydroxylation is 2. The highest BCUT2D eigenvalue weighted by molar-refractivity contribution is 5.82. The Labute approximate surface area is 131 Å². The Hall–Kier alpha value is -2.43. The Morgan fingerprint density at radius 2 is 2.00 bits per heavy atom. The van der Waals surface area contributed by atoms with E-state index in [0.717, 1.165) is 17.0 Å². The minimum Gasteiger partial charge on any atom is -0.271 e. The Balaban J connectivity index is 1.89. The lowest BCUT2D eigenvalue weighted by Gasteiger charge is -2.05. The van der Waals surface area contributed by atoms with E-state index < -0.39 is 0 Å². The van der Waals surface area contributed by atoms with Gasteiger partial charge in [-0.15, -0.1) is 0 Å². The van der Waals surface area contributed by atoms with Crippen LogP contribution in [0.15, 0.2) is 35.4 Å². The van der Waals surface area contributed by atoms with Crippen molar-refractivity contribution in [3.8, 4) is 0 Å². The number of hydrazone groups is 1. The van der Waals surface area contributed by atoms with Crippen molar-refractivity contribution in [3.05, 3.63) is 52.8 Å². The van der Waals surface area contributed by atoms with E-state index in [4.69, 9.17) is 0 Å². The van der Waals surface area contributed by atoms with Crippen molar-refractivity contribution in [2.45, 2.75) is 40.2 Å². The summed E-state index contributed by atoms with van der Waals surface area (Å²) in [6.45, 7) is 8.31. The van der Waals surface area contributed by atoms with Gasteiger partial charge in [0.05, 0.1) is 11.9 Å². The Morgan fingerprint density at radius 3 is 2.55 bits per heavy atom. The average molecular weight is 298 g/mol. The van der Waals surface area contributed by atoms with Gasteiger partial charge >= 0.3 is 0 Å². The number of benzene rings is 1. The summed E-state index contributed by atoms with van der Waals surface area (Å²) in [5, 5.41) is 8.23. The molecule has 0 aliphatic rings. The van der Waals surface area contributed by atoms with Crippen LogP contribution in [0.5, 0.6) is 0 Å². The van der Waals surface area contributed by atoms with E-state index in [2.05, 4.69) is 41.6 Å². The van der Waals surface area contributed by atoms with Crippen LogP contribution in [0.1, 0.15) is 42.3 Å². The van der Waals surface area contributed by atoms with Crippen molar-refractivity contribution in [1.82, 2.24) is 15.2 Å². The monoisotopic (exact) mass is 298 g/mol. The predicted molar refractivity (Wildman–Crippen MR) is 88.0 cm³/mol. The number of amides is 1. The fraction of sp³-hybridized carbons (Fsp3) is 0.353. The molecule has 2 rings (SSSR count). The molecule has 0 fully saturated rings. The normalized spacial score (nSPS) is 11.3. The molecular formula is C17H22N4O. The van der Waals surface area contributed by atoms with Crippen molar-refractivity contribution >= 4 is 12.1 Å². The molecule has 1 heterocycles. The average Bonchev–Trinajstić information content (AvgIpc) is 2.77. The van der Waals surface area contributed by atoms with Gasteiger partial charge in [0, 0.05) is 5.69 Å². The third-order valence-electron chi connectivity index (χ3n) is 3.40. The van der Waals surface area contributed by atoms with Gasteiger partial charge in [-0.1, -0.05) is 38.1 Å². The summed E-state index contributed by atoms with van der Waals surface area (Å²) in [5.74, 6) is 0.313. The standard InChI is InChI=1S/C17H22N4O/c1-12(2)16-7-5-15(6-8-16)10-18-19-17(22)11-21-14(4)9-13(3)20-21/h5-10,12H,11H2,1-4H3,(H,19,22). The van der Waals surface area contributed by atoms with E-state index in [1.807, 2.05) is 32.0 Å². The molecule has 0 radical (unpaired) electrons. The molecule has 116 valence electrons. The summed E-state index contributed by atoms with van der Waals surface area (Å²) >= 11 is 0. The number of nitrogens with zero attached hydrogens (tertiary/aromatic N) is 3. The Bertz CT molecular complexity index is 668. The van der Waals surface area contributed by atoms with Crippen molar-refractivity contribution < 1.29 is 4.79 Å². The molecule has 0 unspecified atom stereocenters. The first kappa shape index (κ1) is 15.9. The summed E-state index contributed by atoms with van der Waals surface area (Å²) in [7, 11) is 0. The maximum absolute atomic E-state index is 11.8. The fourth-order valence-electron chi connectivity index (χ4n) is 2.15. The maximum Gasteiger partial charge on any atom is 0.261 e. The summed E-state index contributed by atoms with van der Waals surface area (Å²) in [5.41, 5.74) is 6.62. The first-order valence-electron chi connectivity index (χ1n) is 7.38. The summed E-state index contributed by atoms with van der Waals surface area (Å²) in [6.07, 6.45) is 1.64. The van der Waals surface area contributed by atoms with Gasteiger partial charge in [-0.25, -0.2) is 5.43 Å². The van der Waals surface area contributed by atoms with Crippen molar-refractivity contribution in [1.29, 1.82) is 0 Å². The molecule has 22 heavy (non-hydrogen) atoms. The molecule has 1 aromatic heterocycles. The minimum absolute atomic E-state index is 0.170. The van der Waals surface area contributed by atoms with Crippen LogP contribution in [0, 0.1) is 13.8 Å². The lowest BCUT2D eigenvalue weighted by molar-refractivity contribution is -0.121. The van der Waals surface area contributed by atoms with E-state index in [-0.39, 0.29) is 12.5 Å². The van der Waals surface area contributed by atoms with Gasteiger partial charge < -0.3 is 0 Å². The van der Waals surface area contributed by atoms with Gasteiger partial charge in [-0.05, 0) is 37.0 Å². The van der Waals surface area contributed by atoms with Gasteiger partial charge in [0.1, 0.15) is 6.54 Å². The number of hydrogen-bond donors (Lipinski definition) is 1. The van der Waals surface area contributed by atoms with Crippen molar-refractivity contribution in [3.63, 3.8) is 0 Å². The van der Waals surface area contributed by atoms with Crippen LogP contribution >= 0.6 is 0 Å². The highest BCUT2D eigenvalue weighted by Crippen LogP contribution is 2.13. The molecule has 0 aliphatic heterocycles. The van der Waals surface area contributed by atoms with E-state index in [1.54, 1.807) is 10.9 Å². The molecule has 0 bridgehead atoms. The largest absolute Gasteiger partial charge is 0.271 e. The molecule has 5 heteroatoms. The molecular weight excluding hydrogens is 276 g/mol. The fourth-order valence-corrected chi connectivity index (χ4v) is 2.15. The Morgan fingerprint density at radius 1 is 1.32 bits per heavy atom. The molecule has 0 spiro atoms. The molecule has 2 aromatic rings. The SMILES string of the molecule is Cc1cc(C)n(CC(=O)NN=Cc2ccc(C(C)C)cc2)n1. The first-order valence-corrected chi connectivity index (χ1v) is 7.38. The zero-order valence-corrected chi connectivity index (χ0v) is 13.5. The van der Waals surface area contributed by atoms with E-state index >= 15 is 0 Å². The lowest BCUT2D eigenvalue weighted by atomic mass is 10.0. The number of aromatic nitrogens is 2. The van der Waals surface area contributed by atoms with Gasteiger partial charge in [0.25, 0.3) is 5.91 Å². The second-order valence-electron chi connectivity index (χ2n) is 5.70. The van der Waals surface area contributed by atoms with Crippen LogP contribution < -0.4 is 5.43 Å². The van der Waals surface area contributed by atoms with E-state index in [1.165, 1.54) is 5.56 Å². The topological polar surface area (TPSA) is 59.3 Å². The summed E-state index contributed by atoms with van der Waals surface area (Å²) in [4.78, 5) is 11.8. The van der Waals surface area contributed by atoms with Gasteiger partial charge in [0.15, 0.2) is 0 Å². The van der Waals surface area contributed by atoms with Crippen LogP contribution in [0.3, 0.4) is 0 Å². The van der Waals surface area contributed by atoms with Crippen LogP contribution in [-0.2, 0) is 11.3 Å². The molecule has 5 nitrogen and oxygen atoms in total. The molecule has 1 N–H and O–H groups in total. The van der Waals surface area contributed by atoms with Crippen LogP contribution in [-0.4, -0.2) is 21.9 Å². The third-order valence-corrected chi connectivity index (χ3v) is 3.40. The quantitative estimate of drug-likeness (QED) is 0.681. The molecule has 0 atom stereocenters. The zero-order valence-electron chi connectivity index (χ0n) is 13.5. The number of hydrogen-bond acceptors (Lipinski definition) is 3. The third kappa shape index (κ3) is 4.28. The van der Waals surface area contributed by atoms with E-state index in [9.17, 15) is 4.79 Å². The minimum atomic E-state index is -0.193. The van der Waals surface area contributed by atoms with Gasteiger partial charge in [-0.2, -0.15) is 10.2 Å². The maximum atomic E-state index is 11.8. The Kier molecular flexibility index (Phi) is 5.09. The zero-order chi connectivity index (χ0) is 16.1. The van der Waals surface area contributed by atoms with Gasteiger partial charge in [0.2, 0.25) is 0 Å². The first-order chi connectivity index (χ1) is 10.5. The number of carbonyl (C=O) groups is 1. The molecule has 0 aliphatic carbocycles. The van der Waals surface area contributed by atoms with Crippen molar-refractivity contribution in [2.75, 3.05) is 0 Å². The number of rotatable bonds is 5. The molecule has 1 amide bonds.